The van der Waals surface area contributed by atoms with Gasteiger partial charge in [-0.3, -0.25) is 5.10 Å². The van der Waals surface area contributed by atoms with Gasteiger partial charge in [-0.15, -0.1) is 0 Å². The molecule has 5 nitrogen and oxygen atoms in total. The second kappa shape index (κ2) is 4.54. The molecule has 0 fully saturated rings. The molecular weight excluding hydrogens is 190 g/mol. The summed E-state index contributed by atoms with van der Waals surface area (Å²) in [5, 5.41) is 9.80. The van der Waals surface area contributed by atoms with E-state index in [-0.39, 0.29) is 0 Å². The third kappa shape index (κ3) is 2.77. The SMILES string of the molecule is Cc1ccc(NCCc2ncn[nH]2)nc1. The van der Waals surface area contributed by atoms with Crippen molar-refractivity contribution in [2.24, 2.45) is 0 Å². The zero-order valence-corrected chi connectivity index (χ0v) is 8.57. The number of nitrogens with one attached hydrogen (secondary N) is 2. The lowest BCUT2D eigenvalue weighted by atomic mass is 10.3. The fraction of sp³-hybridized carbons (Fsp3) is 0.300. The Morgan fingerprint density at radius 2 is 2.27 bits per heavy atom. The Labute approximate surface area is 88.0 Å². The van der Waals surface area contributed by atoms with E-state index in [1.54, 1.807) is 0 Å². The number of rotatable bonds is 4. The Morgan fingerprint density at radius 1 is 1.33 bits per heavy atom. The fourth-order valence-corrected chi connectivity index (χ4v) is 1.23. The molecule has 2 rings (SSSR count). The van der Waals surface area contributed by atoms with E-state index < -0.39 is 0 Å². The maximum atomic E-state index is 4.24. The zero-order valence-electron chi connectivity index (χ0n) is 8.57. The molecule has 0 aliphatic carbocycles. The van der Waals surface area contributed by atoms with E-state index >= 15 is 0 Å². The first-order valence-electron chi connectivity index (χ1n) is 4.85. The Balaban J connectivity index is 1.81. The van der Waals surface area contributed by atoms with Gasteiger partial charge in [0.1, 0.15) is 18.0 Å². The summed E-state index contributed by atoms with van der Waals surface area (Å²) in [6, 6.07) is 4.00. The van der Waals surface area contributed by atoms with Crippen molar-refractivity contribution >= 4 is 5.82 Å². The van der Waals surface area contributed by atoms with E-state index in [9.17, 15) is 0 Å². The second-order valence-electron chi connectivity index (χ2n) is 3.33. The molecule has 0 bridgehead atoms. The highest BCUT2D eigenvalue weighted by Gasteiger charge is 1.96. The zero-order chi connectivity index (χ0) is 10.5. The summed E-state index contributed by atoms with van der Waals surface area (Å²) in [5.41, 5.74) is 1.16. The summed E-state index contributed by atoms with van der Waals surface area (Å²) >= 11 is 0. The van der Waals surface area contributed by atoms with Crippen LogP contribution in [0.1, 0.15) is 11.4 Å². The van der Waals surface area contributed by atoms with Gasteiger partial charge in [0.05, 0.1) is 0 Å². The van der Waals surface area contributed by atoms with Crippen LogP contribution in [-0.4, -0.2) is 26.7 Å². The van der Waals surface area contributed by atoms with E-state index in [0.29, 0.717) is 0 Å². The van der Waals surface area contributed by atoms with Crippen LogP contribution in [0.2, 0.25) is 0 Å². The molecule has 2 aromatic rings. The maximum absolute atomic E-state index is 4.24. The van der Waals surface area contributed by atoms with Gasteiger partial charge in [0.2, 0.25) is 0 Å². The Bertz CT molecular complexity index is 392. The molecule has 0 spiro atoms. The van der Waals surface area contributed by atoms with E-state index in [1.807, 2.05) is 25.3 Å². The maximum Gasteiger partial charge on any atom is 0.137 e. The molecule has 2 aromatic heterocycles. The van der Waals surface area contributed by atoms with Crippen LogP contribution in [0.3, 0.4) is 0 Å². The minimum absolute atomic E-state index is 0.797. The lowest BCUT2D eigenvalue weighted by Gasteiger charge is -2.03. The molecule has 0 unspecified atom stereocenters. The van der Waals surface area contributed by atoms with Gasteiger partial charge < -0.3 is 5.32 Å². The van der Waals surface area contributed by atoms with E-state index in [0.717, 1.165) is 30.2 Å². The average Bonchev–Trinajstić information content (AvgIpc) is 2.74. The minimum Gasteiger partial charge on any atom is -0.370 e. The summed E-state index contributed by atoms with van der Waals surface area (Å²) < 4.78 is 0. The quantitative estimate of drug-likeness (QED) is 0.782. The van der Waals surface area contributed by atoms with Crippen molar-refractivity contribution in [3.63, 3.8) is 0 Å². The Hall–Kier alpha value is -1.91. The molecule has 5 heteroatoms. The largest absolute Gasteiger partial charge is 0.370 e. The monoisotopic (exact) mass is 203 g/mol. The molecule has 2 N–H and O–H groups in total. The molecule has 78 valence electrons. The van der Waals surface area contributed by atoms with Crippen LogP contribution in [0, 0.1) is 6.92 Å². The summed E-state index contributed by atoms with van der Waals surface area (Å²) in [5.74, 6) is 1.77. The summed E-state index contributed by atoms with van der Waals surface area (Å²) in [6.07, 6.45) is 4.17. The highest BCUT2D eigenvalue weighted by Crippen LogP contribution is 2.03. The van der Waals surface area contributed by atoms with Gasteiger partial charge >= 0.3 is 0 Å². The van der Waals surface area contributed by atoms with Crippen molar-refractivity contribution in [1.82, 2.24) is 20.2 Å². The standard InChI is InChI=1S/C10H13N5/c1-8-2-3-9(12-6-8)11-5-4-10-13-7-14-15-10/h2-3,6-7H,4-5H2,1H3,(H,11,12)(H,13,14,15). The minimum atomic E-state index is 0.797. The first-order chi connectivity index (χ1) is 7.34. The van der Waals surface area contributed by atoms with E-state index in [2.05, 4.69) is 25.5 Å². The summed E-state index contributed by atoms with van der Waals surface area (Å²) in [4.78, 5) is 8.27. The number of hydrogen-bond donors (Lipinski definition) is 2. The summed E-state index contributed by atoms with van der Waals surface area (Å²) in [6.45, 7) is 2.82. The second-order valence-corrected chi connectivity index (χ2v) is 3.33. The number of nitrogens with zero attached hydrogens (tertiary/aromatic N) is 3. The molecule has 0 saturated heterocycles. The molecule has 0 aliphatic rings. The first kappa shape index (κ1) is 9.64. The van der Waals surface area contributed by atoms with Gasteiger partial charge in [0.25, 0.3) is 0 Å². The van der Waals surface area contributed by atoms with Crippen molar-refractivity contribution in [2.75, 3.05) is 11.9 Å². The van der Waals surface area contributed by atoms with E-state index in [1.165, 1.54) is 6.33 Å². The van der Waals surface area contributed by atoms with Crippen molar-refractivity contribution in [3.05, 3.63) is 36.0 Å². The molecule has 15 heavy (non-hydrogen) atoms. The predicted molar refractivity (Wildman–Crippen MR) is 57.6 cm³/mol. The van der Waals surface area contributed by atoms with Gasteiger partial charge in [0, 0.05) is 19.2 Å². The van der Waals surface area contributed by atoms with Gasteiger partial charge in [-0.2, -0.15) is 5.10 Å². The van der Waals surface area contributed by atoms with E-state index in [4.69, 9.17) is 0 Å². The summed E-state index contributed by atoms with van der Waals surface area (Å²) in [7, 11) is 0. The van der Waals surface area contributed by atoms with Gasteiger partial charge in [-0.05, 0) is 18.6 Å². The van der Waals surface area contributed by atoms with Crippen LogP contribution < -0.4 is 5.32 Å². The number of anilines is 1. The number of hydrogen-bond acceptors (Lipinski definition) is 4. The number of aromatic nitrogens is 4. The molecule has 0 aliphatic heterocycles. The van der Waals surface area contributed by atoms with Crippen molar-refractivity contribution in [1.29, 1.82) is 0 Å². The van der Waals surface area contributed by atoms with Crippen molar-refractivity contribution in [2.45, 2.75) is 13.3 Å². The predicted octanol–water partition coefficient (Wildman–Crippen LogP) is 1.16. The first-order valence-corrected chi connectivity index (χ1v) is 4.85. The van der Waals surface area contributed by atoms with Gasteiger partial charge in [0.15, 0.2) is 0 Å². The molecule has 2 heterocycles. The highest BCUT2D eigenvalue weighted by atomic mass is 15.2. The van der Waals surface area contributed by atoms with Crippen LogP contribution in [0.25, 0.3) is 0 Å². The van der Waals surface area contributed by atoms with Gasteiger partial charge in [-0.1, -0.05) is 6.07 Å². The van der Waals surface area contributed by atoms with Crippen LogP contribution >= 0.6 is 0 Å². The van der Waals surface area contributed by atoms with Crippen molar-refractivity contribution in [3.8, 4) is 0 Å². The van der Waals surface area contributed by atoms with Crippen molar-refractivity contribution < 1.29 is 0 Å². The number of aromatic amines is 1. The van der Waals surface area contributed by atoms with Gasteiger partial charge in [-0.25, -0.2) is 9.97 Å². The number of aryl methyl sites for hydroxylation is 1. The Morgan fingerprint density at radius 3 is 2.93 bits per heavy atom. The van der Waals surface area contributed by atoms with Crippen LogP contribution in [0.15, 0.2) is 24.7 Å². The molecular formula is C10H13N5. The third-order valence-electron chi connectivity index (χ3n) is 2.04. The molecule has 0 amide bonds. The van der Waals surface area contributed by atoms with Crippen LogP contribution in [0.4, 0.5) is 5.82 Å². The molecule has 0 aromatic carbocycles. The molecule has 0 atom stereocenters. The topological polar surface area (TPSA) is 66.5 Å². The fourth-order valence-electron chi connectivity index (χ4n) is 1.23. The Kier molecular flexibility index (Phi) is 2.92. The number of pyridine rings is 1. The smallest absolute Gasteiger partial charge is 0.137 e. The highest BCUT2D eigenvalue weighted by molar-refractivity contribution is 5.35. The molecule has 0 radical (unpaired) electrons. The lowest BCUT2D eigenvalue weighted by Crippen LogP contribution is -2.07. The average molecular weight is 203 g/mol. The normalized spacial score (nSPS) is 10.2. The van der Waals surface area contributed by atoms with Crippen LogP contribution in [-0.2, 0) is 6.42 Å². The lowest BCUT2D eigenvalue weighted by molar-refractivity contribution is 0.897. The molecule has 0 saturated carbocycles. The van der Waals surface area contributed by atoms with Crippen LogP contribution in [0.5, 0.6) is 0 Å². The number of H-pyrrole nitrogens is 1. The third-order valence-corrected chi connectivity index (χ3v) is 2.04.